The Morgan fingerprint density at radius 3 is 2.44 bits per heavy atom. The maximum Gasteiger partial charge on any atom is 0.248 e. The van der Waals surface area contributed by atoms with Gasteiger partial charge in [-0.15, -0.1) is 0 Å². The molecule has 1 aliphatic heterocycles. The second kappa shape index (κ2) is 8.64. The summed E-state index contributed by atoms with van der Waals surface area (Å²) in [5, 5.41) is 3.48. The number of nitrogens with one attached hydrogen (secondary N) is 1. The number of primary amides is 1. The molecule has 0 saturated carbocycles. The van der Waals surface area contributed by atoms with Crippen LogP contribution >= 0.6 is 11.6 Å². The van der Waals surface area contributed by atoms with Crippen molar-refractivity contribution < 1.29 is 13.6 Å². The SMILES string of the molecule is NC(=O)c1ccc(Nc2ncc3c(n2)-c2ccc(Cl)cc2C(c2c(F)cccc2F)=NC3)cc1. The van der Waals surface area contributed by atoms with E-state index in [1.807, 2.05) is 0 Å². The quantitative estimate of drug-likeness (QED) is 0.420. The normalized spacial score (nSPS) is 12.3. The van der Waals surface area contributed by atoms with E-state index in [4.69, 9.17) is 17.3 Å². The van der Waals surface area contributed by atoms with Crippen molar-refractivity contribution in [2.75, 3.05) is 5.32 Å². The van der Waals surface area contributed by atoms with Crippen LogP contribution in [-0.4, -0.2) is 21.6 Å². The van der Waals surface area contributed by atoms with Gasteiger partial charge in [0.25, 0.3) is 0 Å². The molecule has 3 N–H and O–H groups in total. The monoisotopic (exact) mass is 475 g/mol. The number of aromatic nitrogens is 2. The fraction of sp³-hybridized carbons (Fsp3) is 0.0400. The molecule has 6 nitrogen and oxygen atoms in total. The number of rotatable bonds is 4. The lowest BCUT2D eigenvalue weighted by Crippen LogP contribution is -2.10. The number of nitrogens with two attached hydrogens (primary N) is 1. The molecule has 0 bridgehead atoms. The highest BCUT2D eigenvalue weighted by molar-refractivity contribution is 6.31. The van der Waals surface area contributed by atoms with Crippen LogP contribution in [0.15, 0.2) is 71.9 Å². The fourth-order valence-electron chi connectivity index (χ4n) is 3.77. The summed E-state index contributed by atoms with van der Waals surface area (Å²) < 4.78 is 29.3. The van der Waals surface area contributed by atoms with Gasteiger partial charge in [-0.25, -0.2) is 18.7 Å². The Balaban J connectivity index is 1.59. The van der Waals surface area contributed by atoms with E-state index >= 15 is 0 Å². The zero-order valence-electron chi connectivity index (χ0n) is 17.5. The molecular formula is C25H16ClF2N5O. The number of halogens is 3. The van der Waals surface area contributed by atoms with Crippen molar-refractivity contribution in [3.05, 3.63) is 106 Å². The molecule has 2 heterocycles. The maximum absolute atomic E-state index is 14.7. The molecule has 3 aromatic carbocycles. The predicted molar refractivity (Wildman–Crippen MR) is 126 cm³/mol. The molecule has 1 amide bonds. The molecule has 0 saturated heterocycles. The molecular weight excluding hydrogens is 460 g/mol. The van der Waals surface area contributed by atoms with Crippen LogP contribution in [0, 0.1) is 11.6 Å². The summed E-state index contributed by atoms with van der Waals surface area (Å²) in [5.74, 6) is -1.66. The molecule has 0 unspecified atom stereocenters. The minimum absolute atomic E-state index is 0.123. The van der Waals surface area contributed by atoms with E-state index in [1.165, 1.54) is 18.2 Å². The van der Waals surface area contributed by atoms with Crippen molar-refractivity contribution >= 4 is 34.9 Å². The fourth-order valence-corrected chi connectivity index (χ4v) is 3.94. The molecule has 0 atom stereocenters. The summed E-state index contributed by atoms with van der Waals surface area (Å²) in [5.41, 5.74) is 8.58. The third-order valence-corrected chi connectivity index (χ3v) is 5.62. The van der Waals surface area contributed by atoms with Crippen LogP contribution in [0.3, 0.4) is 0 Å². The van der Waals surface area contributed by atoms with Crippen LogP contribution < -0.4 is 11.1 Å². The number of carbonyl (C=O) groups excluding carboxylic acids is 1. The van der Waals surface area contributed by atoms with Crippen LogP contribution in [0.1, 0.15) is 27.0 Å². The number of carbonyl (C=O) groups is 1. The largest absolute Gasteiger partial charge is 0.366 e. The van der Waals surface area contributed by atoms with Gasteiger partial charge in [0, 0.05) is 39.2 Å². The third-order valence-electron chi connectivity index (χ3n) is 5.39. The van der Waals surface area contributed by atoms with Crippen LogP contribution in [0.2, 0.25) is 5.02 Å². The number of fused-ring (bicyclic) bond motifs is 3. The summed E-state index contributed by atoms with van der Waals surface area (Å²) in [6, 6.07) is 15.3. The lowest BCUT2D eigenvalue weighted by Gasteiger charge is -2.13. The highest BCUT2D eigenvalue weighted by Crippen LogP contribution is 2.34. The Morgan fingerprint density at radius 1 is 1.00 bits per heavy atom. The Morgan fingerprint density at radius 2 is 1.74 bits per heavy atom. The van der Waals surface area contributed by atoms with Crippen molar-refractivity contribution in [3.8, 4) is 11.3 Å². The van der Waals surface area contributed by atoms with Crippen molar-refractivity contribution in [1.29, 1.82) is 0 Å². The molecule has 0 fully saturated rings. The van der Waals surface area contributed by atoms with Gasteiger partial charge in [0.1, 0.15) is 11.6 Å². The van der Waals surface area contributed by atoms with E-state index in [-0.39, 0.29) is 17.8 Å². The number of nitrogens with zero attached hydrogens (tertiary/aromatic N) is 3. The Bertz CT molecular complexity index is 1450. The van der Waals surface area contributed by atoms with Gasteiger partial charge in [-0.1, -0.05) is 23.7 Å². The summed E-state index contributed by atoms with van der Waals surface area (Å²) in [6.45, 7) is 0.123. The van der Waals surface area contributed by atoms with Gasteiger partial charge in [-0.05, 0) is 48.5 Å². The van der Waals surface area contributed by atoms with E-state index < -0.39 is 17.5 Å². The molecule has 1 aromatic heterocycles. The number of amides is 1. The number of hydrogen-bond acceptors (Lipinski definition) is 5. The van der Waals surface area contributed by atoms with Crippen LogP contribution in [0.4, 0.5) is 20.4 Å². The van der Waals surface area contributed by atoms with E-state index in [0.29, 0.717) is 44.6 Å². The number of aliphatic imine (C=N–C) groups is 1. The van der Waals surface area contributed by atoms with Gasteiger partial charge in [-0.3, -0.25) is 9.79 Å². The molecule has 0 radical (unpaired) electrons. The van der Waals surface area contributed by atoms with Gasteiger partial charge < -0.3 is 11.1 Å². The molecule has 168 valence electrons. The molecule has 0 aliphatic carbocycles. The van der Waals surface area contributed by atoms with Crippen molar-refractivity contribution in [3.63, 3.8) is 0 Å². The maximum atomic E-state index is 14.7. The average molecular weight is 476 g/mol. The van der Waals surface area contributed by atoms with E-state index in [1.54, 1.807) is 48.7 Å². The van der Waals surface area contributed by atoms with E-state index in [9.17, 15) is 13.6 Å². The Labute approximate surface area is 198 Å². The molecule has 34 heavy (non-hydrogen) atoms. The second-order valence-corrected chi connectivity index (χ2v) is 8.02. The zero-order valence-corrected chi connectivity index (χ0v) is 18.3. The van der Waals surface area contributed by atoms with Crippen molar-refractivity contribution in [2.45, 2.75) is 6.54 Å². The zero-order chi connectivity index (χ0) is 23.8. The third kappa shape index (κ3) is 3.99. The Kier molecular flexibility index (Phi) is 5.51. The number of benzene rings is 3. The smallest absolute Gasteiger partial charge is 0.248 e. The first-order chi connectivity index (χ1) is 16.4. The lowest BCUT2D eigenvalue weighted by molar-refractivity contribution is 0.100. The van der Waals surface area contributed by atoms with Crippen molar-refractivity contribution in [1.82, 2.24) is 9.97 Å². The van der Waals surface area contributed by atoms with Gasteiger partial charge >= 0.3 is 0 Å². The van der Waals surface area contributed by atoms with Gasteiger partial charge in [-0.2, -0.15) is 0 Å². The summed E-state index contributed by atoms with van der Waals surface area (Å²) in [7, 11) is 0. The van der Waals surface area contributed by atoms with Gasteiger partial charge in [0.15, 0.2) is 0 Å². The minimum Gasteiger partial charge on any atom is -0.366 e. The highest BCUT2D eigenvalue weighted by atomic mass is 35.5. The van der Waals surface area contributed by atoms with Gasteiger partial charge in [0.05, 0.1) is 23.5 Å². The molecule has 9 heteroatoms. The molecule has 0 spiro atoms. The molecule has 4 aromatic rings. The topological polar surface area (TPSA) is 93.3 Å². The highest BCUT2D eigenvalue weighted by Gasteiger charge is 2.25. The minimum atomic E-state index is -0.719. The Hall–Kier alpha value is -4.17. The van der Waals surface area contributed by atoms with Crippen LogP contribution in [-0.2, 0) is 6.54 Å². The summed E-state index contributed by atoms with van der Waals surface area (Å²) in [6.07, 6.45) is 1.62. The van der Waals surface area contributed by atoms with E-state index in [0.717, 1.165) is 0 Å². The molecule has 5 rings (SSSR count). The average Bonchev–Trinajstić information content (AvgIpc) is 2.96. The van der Waals surface area contributed by atoms with Crippen molar-refractivity contribution in [2.24, 2.45) is 10.7 Å². The van der Waals surface area contributed by atoms with E-state index in [2.05, 4.69) is 20.3 Å². The van der Waals surface area contributed by atoms with Crippen LogP contribution in [0.5, 0.6) is 0 Å². The van der Waals surface area contributed by atoms with Crippen LogP contribution in [0.25, 0.3) is 11.3 Å². The van der Waals surface area contributed by atoms with Gasteiger partial charge in [0.2, 0.25) is 11.9 Å². The number of anilines is 2. The predicted octanol–water partition coefficient (Wildman–Crippen LogP) is 5.27. The lowest BCUT2D eigenvalue weighted by atomic mass is 9.95. The number of hydrogen-bond donors (Lipinski definition) is 2. The summed E-state index contributed by atoms with van der Waals surface area (Å²) >= 11 is 6.24. The summed E-state index contributed by atoms with van der Waals surface area (Å²) in [4.78, 5) is 24.8. The molecule has 1 aliphatic rings. The first kappa shape index (κ1) is 21.7. The first-order valence-electron chi connectivity index (χ1n) is 10.2. The first-order valence-corrected chi connectivity index (χ1v) is 10.6. The standard InChI is InChI=1S/C25H16ClF2N5O/c26-15-6-9-17-18(10-15)23(21-19(27)2-1-3-20(21)28)30-11-14-12-31-25(33-22(14)17)32-16-7-4-13(5-8-16)24(29)34/h1-10,12H,11H2,(H2,29,34)(H,31,32,33). The second-order valence-electron chi connectivity index (χ2n) is 7.59.